The molecule has 5 heteroatoms. The number of aliphatic hydroxyl groups is 2. The molecule has 0 spiro atoms. The minimum absolute atomic E-state index is 0.311. The van der Waals surface area contributed by atoms with Crippen LogP contribution in [0, 0.1) is 5.82 Å². The molecule has 1 fully saturated rings. The number of nitrogens with zero attached hydrogens (tertiary/aromatic N) is 1. The predicted molar refractivity (Wildman–Crippen MR) is 72.4 cm³/mol. The lowest BCUT2D eigenvalue weighted by Gasteiger charge is -2.42. The molecular formula is C14H14FNO2S. The molecule has 1 aliphatic rings. The van der Waals surface area contributed by atoms with Gasteiger partial charge in [0.2, 0.25) is 0 Å². The first-order valence-electron chi connectivity index (χ1n) is 6.20. The van der Waals surface area contributed by atoms with Crippen molar-refractivity contribution >= 4 is 22.7 Å². The zero-order valence-corrected chi connectivity index (χ0v) is 11.0. The summed E-state index contributed by atoms with van der Waals surface area (Å²) >= 11 is 1.42. The molecule has 0 atom stereocenters. The minimum atomic E-state index is -1.36. The fourth-order valence-corrected chi connectivity index (χ4v) is 3.78. The van der Waals surface area contributed by atoms with E-state index in [-0.39, 0.29) is 5.82 Å². The number of hydrogen-bond donors (Lipinski definition) is 2. The van der Waals surface area contributed by atoms with Crippen LogP contribution in [-0.2, 0) is 0 Å². The van der Waals surface area contributed by atoms with Crippen molar-refractivity contribution in [3.63, 3.8) is 0 Å². The molecule has 0 saturated heterocycles. The second-order valence-corrected chi connectivity index (χ2v) is 6.32. The molecule has 2 N–H and O–H groups in total. The van der Waals surface area contributed by atoms with Crippen molar-refractivity contribution in [2.24, 2.45) is 0 Å². The van der Waals surface area contributed by atoms with Gasteiger partial charge in [-0.25, -0.2) is 4.39 Å². The second-order valence-electron chi connectivity index (χ2n) is 4.86. The summed E-state index contributed by atoms with van der Waals surface area (Å²) in [6.45, 7) is 0. The van der Waals surface area contributed by atoms with Crippen molar-refractivity contribution in [2.75, 3.05) is 0 Å². The van der Waals surface area contributed by atoms with Crippen LogP contribution in [0.3, 0.4) is 0 Å². The van der Waals surface area contributed by atoms with Crippen LogP contribution in [0.15, 0.2) is 35.4 Å². The molecule has 2 aromatic rings. The SMILES string of the molecule is OC(O)C1(Sc2ccnc3ccc(F)cc23)CCC1. The zero-order chi connectivity index (χ0) is 13.5. The number of pyridine rings is 1. The summed E-state index contributed by atoms with van der Waals surface area (Å²) in [7, 11) is 0. The smallest absolute Gasteiger partial charge is 0.166 e. The van der Waals surface area contributed by atoms with E-state index in [1.807, 2.05) is 0 Å². The molecule has 1 aromatic carbocycles. The third-order valence-corrected chi connectivity index (χ3v) is 5.25. The van der Waals surface area contributed by atoms with Crippen LogP contribution >= 0.6 is 11.8 Å². The van der Waals surface area contributed by atoms with Crippen molar-refractivity contribution in [2.45, 2.75) is 35.2 Å². The highest BCUT2D eigenvalue weighted by molar-refractivity contribution is 8.01. The highest BCUT2D eigenvalue weighted by Gasteiger charge is 2.44. The number of hydrogen-bond acceptors (Lipinski definition) is 4. The molecule has 1 heterocycles. The molecule has 3 rings (SSSR count). The van der Waals surface area contributed by atoms with E-state index < -0.39 is 11.0 Å². The molecule has 1 saturated carbocycles. The number of benzene rings is 1. The largest absolute Gasteiger partial charge is 0.367 e. The Labute approximate surface area is 114 Å². The molecule has 3 nitrogen and oxygen atoms in total. The summed E-state index contributed by atoms with van der Waals surface area (Å²) in [6.07, 6.45) is 2.81. The molecule has 0 radical (unpaired) electrons. The van der Waals surface area contributed by atoms with E-state index in [0.717, 1.165) is 29.5 Å². The monoisotopic (exact) mass is 279 g/mol. The summed E-state index contributed by atoms with van der Waals surface area (Å²) in [5, 5.41) is 19.8. The van der Waals surface area contributed by atoms with Gasteiger partial charge in [-0.2, -0.15) is 0 Å². The maximum Gasteiger partial charge on any atom is 0.166 e. The highest BCUT2D eigenvalue weighted by atomic mass is 32.2. The van der Waals surface area contributed by atoms with Crippen LogP contribution in [-0.4, -0.2) is 26.2 Å². The van der Waals surface area contributed by atoms with Crippen LogP contribution < -0.4 is 0 Å². The van der Waals surface area contributed by atoms with Gasteiger partial charge < -0.3 is 10.2 Å². The van der Waals surface area contributed by atoms with Gasteiger partial charge in [-0.3, -0.25) is 4.98 Å². The van der Waals surface area contributed by atoms with Crippen LogP contribution in [0.5, 0.6) is 0 Å². The fourth-order valence-electron chi connectivity index (χ4n) is 2.34. The van der Waals surface area contributed by atoms with Gasteiger partial charge in [0, 0.05) is 16.5 Å². The Balaban J connectivity index is 2.03. The first-order valence-corrected chi connectivity index (χ1v) is 7.02. The molecular weight excluding hydrogens is 265 g/mol. The van der Waals surface area contributed by atoms with Crippen molar-refractivity contribution in [3.8, 4) is 0 Å². The van der Waals surface area contributed by atoms with Crippen molar-refractivity contribution in [1.82, 2.24) is 4.98 Å². The van der Waals surface area contributed by atoms with Gasteiger partial charge >= 0.3 is 0 Å². The number of fused-ring (bicyclic) bond motifs is 1. The number of aliphatic hydroxyl groups excluding tert-OH is 1. The van der Waals surface area contributed by atoms with E-state index in [9.17, 15) is 14.6 Å². The van der Waals surface area contributed by atoms with E-state index in [2.05, 4.69) is 4.98 Å². The molecule has 100 valence electrons. The fraction of sp³-hybridized carbons (Fsp3) is 0.357. The molecule has 1 aliphatic carbocycles. The third-order valence-electron chi connectivity index (χ3n) is 3.65. The van der Waals surface area contributed by atoms with Gasteiger partial charge in [0.25, 0.3) is 0 Å². The van der Waals surface area contributed by atoms with Gasteiger partial charge in [0.05, 0.1) is 10.3 Å². The van der Waals surface area contributed by atoms with E-state index in [4.69, 9.17) is 0 Å². The van der Waals surface area contributed by atoms with Crippen LogP contribution in [0.1, 0.15) is 19.3 Å². The Morgan fingerprint density at radius 3 is 2.68 bits per heavy atom. The average Bonchev–Trinajstić information content (AvgIpc) is 2.33. The topological polar surface area (TPSA) is 53.4 Å². The van der Waals surface area contributed by atoms with Crippen molar-refractivity contribution in [3.05, 3.63) is 36.3 Å². The van der Waals surface area contributed by atoms with E-state index in [0.29, 0.717) is 5.52 Å². The van der Waals surface area contributed by atoms with Gasteiger partial charge in [-0.1, -0.05) is 6.42 Å². The summed E-state index contributed by atoms with van der Waals surface area (Å²) in [5.41, 5.74) is 0.716. The second kappa shape index (κ2) is 4.74. The van der Waals surface area contributed by atoms with Gasteiger partial charge in [-0.15, -0.1) is 11.8 Å². The Bertz CT molecular complexity index is 613. The quantitative estimate of drug-likeness (QED) is 0.848. The molecule has 0 unspecified atom stereocenters. The van der Waals surface area contributed by atoms with Crippen LogP contribution in [0.4, 0.5) is 4.39 Å². The Kier molecular flexibility index (Phi) is 3.20. The average molecular weight is 279 g/mol. The molecule has 19 heavy (non-hydrogen) atoms. The molecule has 0 aliphatic heterocycles. The normalized spacial score (nSPS) is 17.7. The van der Waals surface area contributed by atoms with Crippen LogP contribution in [0.25, 0.3) is 10.9 Å². The van der Waals surface area contributed by atoms with E-state index in [1.165, 1.54) is 23.9 Å². The maximum atomic E-state index is 13.4. The van der Waals surface area contributed by atoms with Crippen LogP contribution in [0.2, 0.25) is 0 Å². The predicted octanol–water partition coefficient (Wildman–Crippen LogP) is 2.70. The summed E-state index contributed by atoms with van der Waals surface area (Å²) < 4.78 is 12.8. The minimum Gasteiger partial charge on any atom is -0.367 e. The van der Waals surface area contributed by atoms with E-state index in [1.54, 1.807) is 18.3 Å². The number of rotatable bonds is 3. The summed E-state index contributed by atoms with van der Waals surface area (Å²) in [6, 6.07) is 6.26. The van der Waals surface area contributed by atoms with Gasteiger partial charge in [-0.05, 0) is 37.1 Å². The lowest BCUT2D eigenvalue weighted by Crippen LogP contribution is -2.45. The number of thioether (sulfide) groups is 1. The Hall–Kier alpha value is -1.17. The Morgan fingerprint density at radius 2 is 2.05 bits per heavy atom. The molecule has 0 amide bonds. The zero-order valence-electron chi connectivity index (χ0n) is 10.2. The van der Waals surface area contributed by atoms with Crippen molar-refractivity contribution in [1.29, 1.82) is 0 Å². The number of halogens is 1. The highest BCUT2D eigenvalue weighted by Crippen LogP contribution is 2.50. The molecule has 1 aromatic heterocycles. The van der Waals surface area contributed by atoms with E-state index >= 15 is 0 Å². The maximum absolute atomic E-state index is 13.4. The number of aromatic nitrogens is 1. The van der Waals surface area contributed by atoms with Crippen molar-refractivity contribution < 1.29 is 14.6 Å². The molecule has 0 bridgehead atoms. The lowest BCUT2D eigenvalue weighted by atomic mass is 9.84. The first-order chi connectivity index (χ1) is 9.11. The standard InChI is InChI=1S/C14H14FNO2S/c15-9-2-3-11-10(8-9)12(4-7-16-11)19-14(13(17)18)5-1-6-14/h2-4,7-8,13,17-18H,1,5-6H2. The first kappa shape index (κ1) is 12.8. The summed E-state index contributed by atoms with van der Waals surface area (Å²) in [4.78, 5) is 5.04. The Morgan fingerprint density at radius 1 is 1.26 bits per heavy atom. The van der Waals surface area contributed by atoms with Gasteiger partial charge in [0.1, 0.15) is 5.82 Å². The van der Waals surface area contributed by atoms with Gasteiger partial charge in [0.15, 0.2) is 6.29 Å². The third kappa shape index (κ3) is 2.22. The summed E-state index contributed by atoms with van der Waals surface area (Å²) in [5.74, 6) is -0.311. The lowest BCUT2D eigenvalue weighted by molar-refractivity contribution is -0.0885.